The van der Waals surface area contributed by atoms with Gasteiger partial charge in [-0.1, -0.05) is 38.5 Å². The Bertz CT molecular complexity index is 1010. The molecule has 3 aromatic rings. The molecule has 0 aliphatic heterocycles. The first kappa shape index (κ1) is 19.8. The maximum absolute atomic E-state index is 12.6. The third kappa shape index (κ3) is 3.98. The predicted molar refractivity (Wildman–Crippen MR) is 112 cm³/mol. The molecule has 2 heterocycles. The number of aromatic nitrogens is 4. The lowest BCUT2D eigenvalue weighted by molar-refractivity contribution is -0.114. The number of likely N-dealkylation sites (N-methyl/N-ethyl adjacent to an activating group) is 1. The van der Waals surface area contributed by atoms with Crippen LogP contribution in [0.25, 0.3) is 5.65 Å². The second kappa shape index (κ2) is 7.22. The monoisotopic (exact) mass is 380 g/mol. The Morgan fingerprint density at radius 1 is 1.11 bits per heavy atom. The van der Waals surface area contributed by atoms with Gasteiger partial charge in [0, 0.05) is 18.2 Å². The van der Waals surface area contributed by atoms with E-state index in [1.54, 1.807) is 4.52 Å². The number of nitrogens with one attached hydrogen (secondary N) is 1. The third-order valence-corrected chi connectivity index (χ3v) is 4.63. The van der Waals surface area contributed by atoms with Gasteiger partial charge in [0.05, 0.1) is 6.54 Å². The molecule has 0 spiro atoms. The molecule has 1 N–H and O–H groups in total. The van der Waals surface area contributed by atoms with Crippen molar-refractivity contribution in [1.29, 1.82) is 0 Å². The normalized spacial score (nSPS) is 11.7. The molecule has 1 aromatic carbocycles. The molecule has 0 aliphatic carbocycles. The van der Waals surface area contributed by atoms with Gasteiger partial charge < -0.3 is 10.2 Å². The fraction of sp³-hybridized carbons (Fsp3) is 0.429. The number of hydrogen-bond donors (Lipinski definition) is 1. The minimum Gasteiger partial charge on any atom is -0.349 e. The van der Waals surface area contributed by atoms with E-state index in [9.17, 15) is 4.79 Å². The smallest absolute Gasteiger partial charge is 0.243 e. The van der Waals surface area contributed by atoms with E-state index in [-0.39, 0.29) is 17.9 Å². The number of amides is 1. The second-order valence-electron chi connectivity index (χ2n) is 8.41. The Morgan fingerprint density at radius 2 is 1.75 bits per heavy atom. The van der Waals surface area contributed by atoms with Crippen molar-refractivity contribution < 1.29 is 4.79 Å². The Morgan fingerprint density at radius 3 is 2.36 bits per heavy atom. The summed E-state index contributed by atoms with van der Waals surface area (Å²) in [7, 11) is 1.85. The zero-order valence-electron chi connectivity index (χ0n) is 17.7. The van der Waals surface area contributed by atoms with Crippen LogP contribution in [0.4, 0.5) is 11.5 Å². The van der Waals surface area contributed by atoms with Crippen LogP contribution in [-0.4, -0.2) is 39.3 Å². The number of benzene rings is 1. The number of anilines is 2. The Balaban J connectivity index is 1.79. The summed E-state index contributed by atoms with van der Waals surface area (Å²) in [5.74, 6) is 1.39. The Labute approximate surface area is 165 Å². The van der Waals surface area contributed by atoms with Crippen molar-refractivity contribution >= 4 is 23.1 Å². The van der Waals surface area contributed by atoms with Crippen LogP contribution in [0.3, 0.4) is 0 Å². The molecule has 0 saturated carbocycles. The van der Waals surface area contributed by atoms with Crippen LogP contribution in [0.15, 0.2) is 24.3 Å². The van der Waals surface area contributed by atoms with Crippen LogP contribution in [-0.2, 0) is 10.2 Å². The molecule has 0 fully saturated rings. The molecule has 148 valence electrons. The van der Waals surface area contributed by atoms with Gasteiger partial charge in [-0.15, -0.1) is 15.3 Å². The predicted octanol–water partition coefficient (Wildman–Crippen LogP) is 3.42. The highest BCUT2D eigenvalue weighted by atomic mass is 16.2. The van der Waals surface area contributed by atoms with E-state index < -0.39 is 0 Å². The molecule has 1 amide bonds. The van der Waals surface area contributed by atoms with E-state index >= 15 is 0 Å². The first-order valence-corrected chi connectivity index (χ1v) is 9.38. The van der Waals surface area contributed by atoms with Crippen LogP contribution in [0.2, 0.25) is 0 Å². The summed E-state index contributed by atoms with van der Waals surface area (Å²) in [6.07, 6.45) is 0. The Kier molecular flexibility index (Phi) is 5.10. The summed E-state index contributed by atoms with van der Waals surface area (Å²) in [6, 6.07) is 7.86. The summed E-state index contributed by atoms with van der Waals surface area (Å²) in [6.45, 7) is 12.5. The van der Waals surface area contributed by atoms with Crippen molar-refractivity contribution in [2.45, 2.75) is 47.0 Å². The first-order valence-electron chi connectivity index (χ1n) is 9.38. The highest BCUT2D eigenvalue weighted by Crippen LogP contribution is 2.23. The topological polar surface area (TPSA) is 75.4 Å². The van der Waals surface area contributed by atoms with Crippen molar-refractivity contribution in [2.24, 2.45) is 0 Å². The van der Waals surface area contributed by atoms with Crippen LogP contribution in [0, 0.1) is 20.8 Å². The average molecular weight is 380 g/mol. The van der Waals surface area contributed by atoms with E-state index in [1.807, 2.05) is 37.9 Å². The zero-order valence-corrected chi connectivity index (χ0v) is 17.7. The van der Waals surface area contributed by atoms with Gasteiger partial charge >= 0.3 is 0 Å². The molecule has 0 unspecified atom stereocenters. The molecule has 7 nitrogen and oxygen atoms in total. The van der Waals surface area contributed by atoms with E-state index in [4.69, 9.17) is 0 Å². The lowest BCUT2D eigenvalue weighted by atomic mass is 9.96. The van der Waals surface area contributed by atoms with Gasteiger partial charge in [0.1, 0.15) is 5.82 Å². The van der Waals surface area contributed by atoms with Gasteiger partial charge in [-0.3, -0.25) is 4.79 Å². The second-order valence-corrected chi connectivity index (χ2v) is 8.41. The van der Waals surface area contributed by atoms with Gasteiger partial charge in [0.2, 0.25) is 5.91 Å². The van der Waals surface area contributed by atoms with Crippen molar-refractivity contribution in [1.82, 2.24) is 19.8 Å². The summed E-state index contributed by atoms with van der Waals surface area (Å²) in [5, 5.41) is 16.1. The minimum atomic E-state index is -0.179. The van der Waals surface area contributed by atoms with Gasteiger partial charge in [-0.05, 0) is 44.0 Å². The summed E-state index contributed by atoms with van der Waals surface area (Å²) < 4.78 is 1.75. The average Bonchev–Trinajstić information content (AvgIpc) is 3.01. The summed E-state index contributed by atoms with van der Waals surface area (Å²) >= 11 is 0. The van der Waals surface area contributed by atoms with Gasteiger partial charge in [0.15, 0.2) is 11.5 Å². The minimum absolute atomic E-state index is 0.0840. The number of nitrogens with zero attached hydrogens (tertiary/aromatic N) is 5. The number of fused-ring (bicyclic) bond motifs is 1. The largest absolute Gasteiger partial charge is 0.349 e. The SMILES string of the molecule is Cc1cc(C)c(NC(=O)CN(C)c2ccc3nnc(C(C)(C)C)n3n2)c(C)c1. The third-order valence-electron chi connectivity index (χ3n) is 4.63. The van der Waals surface area contributed by atoms with E-state index in [0.29, 0.717) is 11.5 Å². The molecule has 7 heteroatoms. The van der Waals surface area contributed by atoms with Gasteiger partial charge in [-0.2, -0.15) is 4.52 Å². The number of rotatable bonds is 4. The van der Waals surface area contributed by atoms with Gasteiger partial charge in [0.25, 0.3) is 0 Å². The maximum atomic E-state index is 12.6. The molecule has 0 aliphatic rings. The lowest BCUT2D eigenvalue weighted by Crippen LogP contribution is -2.31. The first-order chi connectivity index (χ1) is 13.1. The van der Waals surface area contributed by atoms with Crippen LogP contribution >= 0.6 is 0 Å². The van der Waals surface area contributed by atoms with E-state index in [0.717, 1.165) is 22.6 Å². The Hall–Kier alpha value is -2.96. The number of aryl methyl sites for hydroxylation is 3. The molecule has 28 heavy (non-hydrogen) atoms. The molecular weight excluding hydrogens is 352 g/mol. The van der Waals surface area contributed by atoms with Crippen molar-refractivity contribution in [2.75, 3.05) is 23.8 Å². The molecular formula is C21H28N6O. The number of carbonyl (C=O) groups excluding carboxylic acids is 1. The van der Waals surface area contributed by atoms with Crippen molar-refractivity contribution in [3.63, 3.8) is 0 Å². The fourth-order valence-electron chi connectivity index (χ4n) is 3.30. The molecule has 2 aromatic heterocycles. The molecule has 3 rings (SSSR count). The summed E-state index contributed by atoms with van der Waals surface area (Å²) in [5.41, 5.74) is 4.70. The zero-order chi connectivity index (χ0) is 20.6. The number of carbonyl (C=O) groups is 1. The lowest BCUT2D eigenvalue weighted by Gasteiger charge is -2.20. The van der Waals surface area contributed by atoms with Crippen LogP contribution in [0.1, 0.15) is 43.3 Å². The van der Waals surface area contributed by atoms with Crippen LogP contribution < -0.4 is 10.2 Å². The van der Waals surface area contributed by atoms with E-state index in [1.165, 1.54) is 5.56 Å². The maximum Gasteiger partial charge on any atom is 0.243 e. The van der Waals surface area contributed by atoms with Gasteiger partial charge in [-0.25, -0.2) is 0 Å². The fourth-order valence-corrected chi connectivity index (χ4v) is 3.30. The van der Waals surface area contributed by atoms with E-state index in [2.05, 4.69) is 60.4 Å². The highest BCUT2D eigenvalue weighted by molar-refractivity contribution is 5.95. The molecule has 0 atom stereocenters. The molecule has 0 radical (unpaired) electrons. The highest BCUT2D eigenvalue weighted by Gasteiger charge is 2.22. The van der Waals surface area contributed by atoms with Crippen LogP contribution in [0.5, 0.6) is 0 Å². The standard InChI is InChI=1S/C21H28N6O/c1-13-10-14(2)19(15(3)11-13)22-18(28)12-26(7)17-9-8-16-23-24-20(21(4,5)6)27(16)25-17/h8-11H,12H2,1-7H3,(H,22,28). The molecule has 0 saturated heterocycles. The molecule has 0 bridgehead atoms. The summed E-state index contributed by atoms with van der Waals surface area (Å²) in [4.78, 5) is 14.4. The quantitative estimate of drug-likeness (QED) is 0.751. The number of hydrogen-bond acceptors (Lipinski definition) is 5. The van der Waals surface area contributed by atoms with Crippen molar-refractivity contribution in [3.8, 4) is 0 Å². The van der Waals surface area contributed by atoms with Crippen molar-refractivity contribution in [3.05, 3.63) is 46.8 Å².